The zero-order chi connectivity index (χ0) is 20.6. The van der Waals surface area contributed by atoms with Gasteiger partial charge in [0.2, 0.25) is 0 Å². The van der Waals surface area contributed by atoms with Crippen LogP contribution in [0, 0.1) is 0 Å². The van der Waals surface area contributed by atoms with Crippen molar-refractivity contribution in [2.24, 2.45) is 0 Å². The van der Waals surface area contributed by atoms with Crippen LogP contribution in [0.5, 0.6) is 0 Å². The monoisotopic (exact) mass is 402 g/mol. The van der Waals surface area contributed by atoms with Gasteiger partial charge >= 0.3 is 12.1 Å². The van der Waals surface area contributed by atoms with Crippen LogP contribution in [-0.4, -0.2) is 22.0 Å². The lowest BCUT2D eigenvalue weighted by Gasteiger charge is -2.10. The summed E-state index contributed by atoms with van der Waals surface area (Å²) in [4.78, 5) is 25.8. The molecule has 0 fully saturated rings. The maximum Gasteiger partial charge on any atom is 0.433 e. The minimum Gasteiger partial charge on any atom is -0.481 e. The third-order valence-electron chi connectivity index (χ3n) is 3.23. The Morgan fingerprint density at radius 1 is 1.19 bits per heavy atom. The number of aliphatic carboxylic acids is 1. The number of carbonyl (C=O) groups excluding carboxylic acids is 1. The summed E-state index contributed by atoms with van der Waals surface area (Å²) in [6.45, 7) is 4.00. The van der Waals surface area contributed by atoms with E-state index in [9.17, 15) is 22.8 Å². The Balaban J connectivity index is 0.00000176. The van der Waals surface area contributed by atoms with Gasteiger partial charge in [-0.2, -0.15) is 13.2 Å². The quantitative estimate of drug-likeness (QED) is 0.733. The Labute approximate surface area is 159 Å². The second-order valence-electron chi connectivity index (χ2n) is 5.09. The molecule has 27 heavy (non-hydrogen) atoms. The first kappa shape index (κ1) is 22.4. The van der Waals surface area contributed by atoms with Crippen LogP contribution in [0.1, 0.15) is 41.9 Å². The lowest BCUT2D eigenvalue weighted by Crippen LogP contribution is -2.15. The molecule has 0 bridgehead atoms. The van der Waals surface area contributed by atoms with Crippen molar-refractivity contribution in [3.05, 3.63) is 58.4 Å². The largest absolute Gasteiger partial charge is 0.481 e. The molecule has 0 saturated carbocycles. The van der Waals surface area contributed by atoms with Gasteiger partial charge in [0, 0.05) is 18.3 Å². The van der Waals surface area contributed by atoms with Crippen molar-refractivity contribution in [3.63, 3.8) is 0 Å². The lowest BCUT2D eigenvalue weighted by molar-refractivity contribution is -0.141. The van der Waals surface area contributed by atoms with Crippen LogP contribution in [0.25, 0.3) is 0 Å². The summed E-state index contributed by atoms with van der Waals surface area (Å²) in [5, 5.41) is 10.7. The number of anilines is 1. The molecule has 0 radical (unpaired) electrons. The SMILES string of the molecule is CC.O=C(O)CCc1ccc(NC(=O)c2cnc(C(F)(F)F)cc2Cl)cc1. The minimum atomic E-state index is -4.65. The average molecular weight is 403 g/mol. The van der Waals surface area contributed by atoms with Crippen LogP contribution < -0.4 is 5.32 Å². The fraction of sp³-hybridized carbons (Fsp3) is 0.278. The summed E-state index contributed by atoms with van der Waals surface area (Å²) in [6, 6.07) is 6.99. The molecule has 5 nitrogen and oxygen atoms in total. The van der Waals surface area contributed by atoms with E-state index in [2.05, 4.69) is 10.3 Å². The number of nitrogens with one attached hydrogen (secondary N) is 1. The predicted molar refractivity (Wildman–Crippen MR) is 95.9 cm³/mol. The number of carboxylic acid groups (broad SMARTS) is 1. The number of alkyl halides is 3. The number of hydrogen-bond donors (Lipinski definition) is 2. The van der Waals surface area contributed by atoms with Crippen LogP contribution in [0.15, 0.2) is 36.5 Å². The molecular formula is C18H18ClF3N2O3. The van der Waals surface area contributed by atoms with Gasteiger partial charge in [0.1, 0.15) is 5.69 Å². The van der Waals surface area contributed by atoms with Crippen molar-refractivity contribution in [1.82, 2.24) is 4.98 Å². The highest BCUT2D eigenvalue weighted by atomic mass is 35.5. The summed E-state index contributed by atoms with van der Waals surface area (Å²) in [5.74, 6) is -1.62. The van der Waals surface area contributed by atoms with E-state index in [1.165, 1.54) is 0 Å². The third kappa shape index (κ3) is 6.90. The molecule has 0 unspecified atom stereocenters. The summed E-state index contributed by atoms with van der Waals surface area (Å²) >= 11 is 5.74. The first-order valence-electron chi connectivity index (χ1n) is 8.01. The van der Waals surface area contributed by atoms with Crippen molar-refractivity contribution >= 4 is 29.2 Å². The zero-order valence-corrected chi connectivity index (χ0v) is 15.4. The number of pyridine rings is 1. The number of carboxylic acids is 1. The molecule has 2 N–H and O–H groups in total. The Kier molecular flexibility index (Phi) is 8.24. The van der Waals surface area contributed by atoms with Gasteiger partial charge in [-0.15, -0.1) is 0 Å². The van der Waals surface area contributed by atoms with E-state index in [4.69, 9.17) is 16.7 Å². The number of aryl methyl sites for hydroxylation is 1. The van der Waals surface area contributed by atoms with Gasteiger partial charge in [-0.3, -0.25) is 14.6 Å². The Bertz CT molecular complexity index is 793. The number of carbonyl (C=O) groups is 2. The molecule has 0 saturated heterocycles. The molecule has 9 heteroatoms. The summed E-state index contributed by atoms with van der Waals surface area (Å²) < 4.78 is 37.6. The molecule has 1 aromatic heterocycles. The first-order valence-corrected chi connectivity index (χ1v) is 8.39. The molecule has 0 spiro atoms. The maximum absolute atomic E-state index is 12.5. The molecule has 1 aromatic carbocycles. The summed E-state index contributed by atoms with van der Waals surface area (Å²) in [7, 11) is 0. The zero-order valence-electron chi connectivity index (χ0n) is 14.6. The fourth-order valence-corrected chi connectivity index (χ4v) is 2.20. The molecule has 0 aliphatic carbocycles. The molecule has 146 valence electrons. The van der Waals surface area contributed by atoms with Gasteiger partial charge in [-0.05, 0) is 30.2 Å². The summed E-state index contributed by atoms with van der Waals surface area (Å²) in [6.07, 6.45) is -3.55. The van der Waals surface area contributed by atoms with Gasteiger partial charge < -0.3 is 10.4 Å². The topological polar surface area (TPSA) is 79.3 Å². The second kappa shape index (κ2) is 9.91. The van der Waals surface area contributed by atoms with Crippen LogP contribution in [0.3, 0.4) is 0 Å². The van der Waals surface area contributed by atoms with Crippen molar-refractivity contribution in [1.29, 1.82) is 0 Å². The molecular weight excluding hydrogens is 385 g/mol. The van der Waals surface area contributed by atoms with E-state index in [1.54, 1.807) is 24.3 Å². The Morgan fingerprint density at radius 3 is 2.26 bits per heavy atom. The van der Waals surface area contributed by atoms with Crippen LogP contribution >= 0.6 is 11.6 Å². The molecule has 1 amide bonds. The molecule has 0 aliphatic rings. The van der Waals surface area contributed by atoms with Crippen molar-refractivity contribution in [2.45, 2.75) is 32.9 Å². The molecule has 2 aromatic rings. The number of amides is 1. The highest BCUT2D eigenvalue weighted by Crippen LogP contribution is 2.30. The van der Waals surface area contributed by atoms with Gasteiger partial charge in [0.25, 0.3) is 5.91 Å². The van der Waals surface area contributed by atoms with Crippen LogP contribution in [0.4, 0.5) is 18.9 Å². The maximum atomic E-state index is 12.5. The highest BCUT2D eigenvalue weighted by molar-refractivity contribution is 6.34. The molecule has 0 atom stereocenters. The van der Waals surface area contributed by atoms with E-state index in [0.29, 0.717) is 18.2 Å². The van der Waals surface area contributed by atoms with E-state index < -0.39 is 23.7 Å². The summed E-state index contributed by atoms with van der Waals surface area (Å²) in [5.41, 5.74) is -0.212. The number of hydrogen-bond acceptors (Lipinski definition) is 3. The number of halogens is 4. The first-order chi connectivity index (χ1) is 12.7. The van der Waals surface area contributed by atoms with E-state index in [0.717, 1.165) is 11.8 Å². The van der Waals surface area contributed by atoms with Gasteiger partial charge in [-0.1, -0.05) is 37.6 Å². The van der Waals surface area contributed by atoms with Gasteiger partial charge in [0.15, 0.2) is 0 Å². The van der Waals surface area contributed by atoms with Crippen LogP contribution in [0.2, 0.25) is 5.02 Å². The second-order valence-corrected chi connectivity index (χ2v) is 5.50. The number of benzene rings is 1. The van der Waals surface area contributed by atoms with Gasteiger partial charge in [0.05, 0.1) is 10.6 Å². The molecule has 1 heterocycles. The average Bonchev–Trinajstić information content (AvgIpc) is 2.61. The standard InChI is InChI=1S/C16H12ClF3N2O3.C2H6/c17-12-7-13(16(18,19)20)21-8-11(12)15(25)22-10-4-1-9(2-5-10)3-6-14(23)24;1-2/h1-2,4-5,7-8H,3,6H2,(H,22,25)(H,23,24);1-2H3. The predicted octanol–water partition coefficient (Wildman–Crippen LogP) is 5.05. The third-order valence-corrected chi connectivity index (χ3v) is 3.54. The smallest absolute Gasteiger partial charge is 0.433 e. The normalized spacial score (nSPS) is 10.6. The van der Waals surface area contributed by atoms with E-state index in [-0.39, 0.29) is 17.0 Å². The fourth-order valence-electron chi connectivity index (χ4n) is 1.96. The Hall–Kier alpha value is -2.61. The van der Waals surface area contributed by atoms with E-state index in [1.807, 2.05) is 13.8 Å². The minimum absolute atomic E-state index is 0.0153. The van der Waals surface area contributed by atoms with Crippen molar-refractivity contribution in [3.8, 4) is 0 Å². The lowest BCUT2D eigenvalue weighted by atomic mass is 10.1. The van der Waals surface area contributed by atoms with Crippen LogP contribution in [-0.2, 0) is 17.4 Å². The highest BCUT2D eigenvalue weighted by Gasteiger charge is 2.33. The Morgan fingerprint density at radius 2 is 1.78 bits per heavy atom. The van der Waals surface area contributed by atoms with E-state index >= 15 is 0 Å². The van der Waals surface area contributed by atoms with Crippen molar-refractivity contribution < 1.29 is 27.9 Å². The molecule has 2 rings (SSSR count). The van der Waals surface area contributed by atoms with Crippen molar-refractivity contribution in [2.75, 3.05) is 5.32 Å². The number of rotatable bonds is 5. The van der Waals surface area contributed by atoms with Gasteiger partial charge in [-0.25, -0.2) is 0 Å². The molecule has 0 aliphatic heterocycles. The number of aromatic nitrogens is 1. The number of nitrogens with zero attached hydrogens (tertiary/aromatic N) is 1.